The highest BCUT2D eigenvalue weighted by Gasteiger charge is 2.33. The number of anilines is 1. The van der Waals surface area contributed by atoms with Gasteiger partial charge in [0.25, 0.3) is 5.91 Å². The lowest BCUT2D eigenvalue weighted by molar-refractivity contribution is 0.0908. The molecule has 0 spiro atoms. The first kappa shape index (κ1) is 38.4. The molecule has 0 radical (unpaired) electrons. The van der Waals surface area contributed by atoms with Crippen LogP contribution in [0.4, 0.5) is 10.1 Å². The van der Waals surface area contributed by atoms with E-state index in [1.54, 1.807) is 6.20 Å². The Kier molecular flexibility index (Phi) is 11.1. The number of hydrogen-bond acceptors (Lipinski definition) is 8. The van der Waals surface area contributed by atoms with Crippen LogP contribution in [0.15, 0.2) is 67.0 Å². The number of piperazine rings is 1. The third-order valence-corrected chi connectivity index (χ3v) is 13.2. The molecule has 1 saturated heterocycles. The van der Waals surface area contributed by atoms with E-state index in [0.717, 1.165) is 97.3 Å². The topological polar surface area (TPSA) is 96.2 Å². The number of fused-ring (bicyclic) bond motifs is 2. The van der Waals surface area contributed by atoms with Crippen molar-refractivity contribution < 1.29 is 23.8 Å². The number of likely N-dealkylation sites (N-methyl/N-ethyl adjacent to an activating group) is 1. The number of carbonyl (C=O) groups is 1. The van der Waals surface area contributed by atoms with Gasteiger partial charge < -0.3 is 24.4 Å². The van der Waals surface area contributed by atoms with Gasteiger partial charge in [-0.15, -0.1) is 0 Å². The predicted octanol–water partition coefficient (Wildman–Crippen LogP) is 7.76. The second kappa shape index (κ2) is 16.2. The van der Waals surface area contributed by atoms with E-state index >= 15 is 4.39 Å². The van der Waals surface area contributed by atoms with E-state index in [2.05, 4.69) is 59.1 Å². The van der Waals surface area contributed by atoms with Crippen molar-refractivity contribution in [3.63, 3.8) is 0 Å². The summed E-state index contributed by atoms with van der Waals surface area (Å²) in [5.74, 6) is -0.446. The highest BCUT2D eigenvalue weighted by atomic mass is 28.3. The van der Waals surface area contributed by atoms with Crippen LogP contribution in [-0.4, -0.2) is 95.9 Å². The molecule has 294 valence electrons. The normalized spacial score (nSPS) is 17.0. The highest BCUT2D eigenvalue weighted by molar-refractivity contribution is 6.76. The molecule has 5 aromatic rings. The predicted molar refractivity (Wildman–Crippen MR) is 221 cm³/mol. The molecule has 1 aliphatic carbocycles. The van der Waals surface area contributed by atoms with Crippen molar-refractivity contribution in [3.8, 4) is 28.3 Å². The SMILES string of the molecule is CCN1CCN(Cc2ccc(-c3cc4c(-c5cccc(N6CCOc7cc(C8CC8)cc(F)c7C6=O)c5CO)ccnc4n3COCC[Si](C)(C)C)nc2)CC1. The van der Waals surface area contributed by atoms with Gasteiger partial charge in [0.2, 0.25) is 0 Å². The zero-order chi connectivity index (χ0) is 39.0. The molecule has 5 heterocycles. The molecule has 56 heavy (non-hydrogen) atoms. The fourth-order valence-electron chi connectivity index (χ4n) is 7.99. The molecule has 1 N–H and O–H groups in total. The summed E-state index contributed by atoms with van der Waals surface area (Å²) in [4.78, 5) is 30.5. The van der Waals surface area contributed by atoms with Crippen LogP contribution < -0.4 is 9.64 Å². The molecule has 2 fully saturated rings. The molecule has 0 bridgehead atoms. The quantitative estimate of drug-likeness (QED) is 0.0959. The molecule has 3 aromatic heterocycles. The molecule has 2 aromatic carbocycles. The van der Waals surface area contributed by atoms with Crippen molar-refractivity contribution in [1.82, 2.24) is 24.3 Å². The Morgan fingerprint density at radius 3 is 2.48 bits per heavy atom. The molecule has 3 aliphatic rings. The molecule has 12 heteroatoms. The maximum absolute atomic E-state index is 15.6. The summed E-state index contributed by atoms with van der Waals surface area (Å²) in [6.45, 7) is 16.5. The Balaban J connectivity index is 1.15. The third-order valence-electron chi connectivity index (χ3n) is 11.5. The maximum Gasteiger partial charge on any atom is 0.265 e. The number of aliphatic hydroxyl groups excluding tert-OH is 1. The van der Waals surface area contributed by atoms with Gasteiger partial charge >= 0.3 is 0 Å². The number of pyridine rings is 2. The summed E-state index contributed by atoms with van der Waals surface area (Å²) in [6, 6.07) is 18.3. The number of nitrogens with zero attached hydrogens (tertiary/aromatic N) is 6. The van der Waals surface area contributed by atoms with Crippen molar-refractivity contribution >= 4 is 30.7 Å². The van der Waals surface area contributed by atoms with Crippen molar-refractivity contribution in [3.05, 3.63) is 95.1 Å². The Labute approximate surface area is 329 Å². The first-order valence-electron chi connectivity index (χ1n) is 20.1. The molecule has 1 saturated carbocycles. The Bertz CT molecular complexity index is 2210. The molecule has 8 rings (SSSR count). The Morgan fingerprint density at radius 2 is 1.77 bits per heavy atom. The summed E-state index contributed by atoms with van der Waals surface area (Å²) >= 11 is 0. The van der Waals surface area contributed by atoms with Gasteiger partial charge in [-0.3, -0.25) is 19.2 Å². The van der Waals surface area contributed by atoms with E-state index in [4.69, 9.17) is 19.4 Å². The summed E-state index contributed by atoms with van der Waals surface area (Å²) < 4.78 is 30.1. The second-order valence-electron chi connectivity index (χ2n) is 16.6. The minimum Gasteiger partial charge on any atom is -0.491 e. The zero-order valence-corrected chi connectivity index (χ0v) is 34.1. The minimum absolute atomic E-state index is 0.0686. The van der Waals surface area contributed by atoms with E-state index in [1.165, 1.54) is 16.5 Å². The van der Waals surface area contributed by atoms with E-state index in [9.17, 15) is 9.90 Å². The molecule has 10 nitrogen and oxygen atoms in total. The van der Waals surface area contributed by atoms with Crippen LogP contribution in [0.25, 0.3) is 33.5 Å². The smallest absolute Gasteiger partial charge is 0.265 e. The van der Waals surface area contributed by atoms with E-state index in [-0.39, 0.29) is 31.1 Å². The van der Waals surface area contributed by atoms with E-state index < -0.39 is 19.8 Å². The van der Waals surface area contributed by atoms with Crippen molar-refractivity contribution in [2.24, 2.45) is 0 Å². The Hall–Kier alpha value is -4.46. The summed E-state index contributed by atoms with van der Waals surface area (Å²) in [7, 11) is -1.31. The number of aromatic nitrogens is 3. The number of rotatable bonds is 13. The molecular weight excluding hydrogens is 724 g/mol. The van der Waals surface area contributed by atoms with Gasteiger partial charge in [0.15, 0.2) is 0 Å². The monoisotopic (exact) mass is 776 g/mol. The van der Waals surface area contributed by atoms with Crippen LogP contribution in [-0.2, 0) is 24.6 Å². The molecule has 1 amide bonds. The average Bonchev–Trinajstić information content (AvgIpc) is 4.00. The number of halogens is 1. The standard InChI is InChI=1S/C44H53FN6O4Si/c1-5-48-15-17-49(18-16-48)27-30-9-12-38(47-26-30)40-25-35-34(13-14-46-43(35)51(40)29-54-21-22-56(2,3)4)33-7-6-8-39(36(33)28-52)50-19-20-55-41-24-32(31-10-11-31)23-37(45)42(41)44(50)53/h6-9,12-14,23-26,31,52H,5,10-11,15-22,27-29H2,1-4H3. The molecular formula is C44H53FN6O4Si. The lowest BCUT2D eigenvalue weighted by Gasteiger charge is -2.33. The fourth-order valence-corrected chi connectivity index (χ4v) is 8.74. The van der Waals surface area contributed by atoms with Gasteiger partial charge in [-0.25, -0.2) is 9.37 Å². The van der Waals surface area contributed by atoms with Gasteiger partial charge in [0.1, 0.15) is 36.1 Å². The van der Waals surface area contributed by atoms with Crippen LogP contribution >= 0.6 is 0 Å². The summed E-state index contributed by atoms with van der Waals surface area (Å²) in [6.07, 6.45) is 5.79. The lowest BCUT2D eigenvalue weighted by Crippen LogP contribution is -2.45. The lowest BCUT2D eigenvalue weighted by atomic mass is 9.96. The number of amides is 1. The number of ether oxygens (including phenoxy) is 2. The molecule has 0 atom stereocenters. The fraction of sp³-hybridized carbons (Fsp3) is 0.432. The van der Waals surface area contributed by atoms with Crippen LogP contribution in [0.5, 0.6) is 5.75 Å². The minimum atomic E-state index is -1.31. The highest BCUT2D eigenvalue weighted by Crippen LogP contribution is 2.44. The zero-order valence-electron chi connectivity index (χ0n) is 33.1. The van der Waals surface area contributed by atoms with Crippen LogP contribution in [0.2, 0.25) is 25.7 Å². The second-order valence-corrected chi connectivity index (χ2v) is 22.2. The van der Waals surface area contributed by atoms with Gasteiger partial charge in [-0.05, 0) is 90.0 Å². The largest absolute Gasteiger partial charge is 0.491 e. The first-order valence-corrected chi connectivity index (χ1v) is 23.8. The molecule has 0 unspecified atom stereocenters. The summed E-state index contributed by atoms with van der Waals surface area (Å²) in [5.41, 5.74) is 7.12. The van der Waals surface area contributed by atoms with Crippen LogP contribution in [0, 0.1) is 5.82 Å². The summed E-state index contributed by atoms with van der Waals surface area (Å²) in [5, 5.41) is 11.9. The van der Waals surface area contributed by atoms with Crippen molar-refractivity contribution in [2.45, 2.75) is 71.3 Å². The van der Waals surface area contributed by atoms with E-state index in [0.29, 0.717) is 30.5 Å². The number of benzene rings is 2. The van der Waals surface area contributed by atoms with Crippen LogP contribution in [0.1, 0.15) is 52.7 Å². The van der Waals surface area contributed by atoms with Gasteiger partial charge in [0, 0.05) is 70.7 Å². The first-order chi connectivity index (χ1) is 27.1. The number of carbonyl (C=O) groups excluding carboxylic acids is 1. The molecule has 2 aliphatic heterocycles. The Morgan fingerprint density at radius 1 is 0.964 bits per heavy atom. The maximum atomic E-state index is 15.6. The number of hydrogen-bond donors (Lipinski definition) is 1. The van der Waals surface area contributed by atoms with Gasteiger partial charge in [-0.1, -0.05) is 44.8 Å². The van der Waals surface area contributed by atoms with Gasteiger partial charge in [0.05, 0.1) is 30.2 Å². The van der Waals surface area contributed by atoms with Crippen LogP contribution in [0.3, 0.4) is 0 Å². The van der Waals surface area contributed by atoms with Crippen molar-refractivity contribution in [1.29, 1.82) is 0 Å². The van der Waals surface area contributed by atoms with E-state index in [1.807, 2.05) is 36.5 Å². The van der Waals surface area contributed by atoms with Crippen molar-refractivity contribution in [2.75, 3.05) is 57.4 Å². The number of aliphatic hydroxyl groups is 1. The van der Waals surface area contributed by atoms with Gasteiger partial charge in [-0.2, -0.15) is 0 Å². The average molecular weight is 777 g/mol. The third kappa shape index (κ3) is 8.03.